The normalized spacial score (nSPS) is 10.8. The highest BCUT2D eigenvalue weighted by Crippen LogP contribution is 2.24. The Morgan fingerprint density at radius 3 is 3.00 bits per heavy atom. The largest absolute Gasteiger partial charge is 0.439 e. The highest BCUT2D eigenvalue weighted by atomic mass is 35.5. The van der Waals surface area contributed by atoms with Crippen LogP contribution < -0.4 is 5.32 Å². The van der Waals surface area contributed by atoms with Gasteiger partial charge in [-0.15, -0.1) is 0 Å². The molecule has 0 unspecified atom stereocenters. The third-order valence-corrected chi connectivity index (χ3v) is 2.59. The van der Waals surface area contributed by atoms with Gasteiger partial charge in [-0.2, -0.15) is 0 Å². The molecule has 0 fully saturated rings. The van der Waals surface area contributed by atoms with Crippen LogP contribution in [0, 0.1) is 5.82 Å². The first-order chi connectivity index (χ1) is 8.20. The fourth-order valence-electron chi connectivity index (χ4n) is 1.41. The van der Waals surface area contributed by atoms with E-state index in [1.807, 2.05) is 6.92 Å². The Balaban J connectivity index is 2.21. The third kappa shape index (κ3) is 2.84. The summed E-state index contributed by atoms with van der Waals surface area (Å²) in [4.78, 5) is 4.10. The molecule has 0 atom stereocenters. The molecule has 1 N–H and O–H groups in total. The van der Waals surface area contributed by atoms with Crippen molar-refractivity contribution < 1.29 is 8.81 Å². The van der Waals surface area contributed by atoms with Crippen molar-refractivity contribution in [1.29, 1.82) is 0 Å². The van der Waals surface area contributed by atoms with Crippen LogP contribution in [-0.2, 0) is 6.54 Å². The number of oxazole rings is 1. The summed E-state index contributed by atoms with van der Waals surface area (Å²) in [6.07, 6.45) is 1.58. The lowest BCUT2D eigenvalue weighted by Gasteiger charge is -1.98. The number of aromatic nitrogens is 1. The summed E-state index contributed by atoms with van der Waals surface area (Å²) in [5, 5.41) is 3.20. The maximum Gasteiger partial charge on any atom is 0.208 e. The minimum absolute atomic E-state index is 0.0983. The molecule has 1 aromatic heterocycles. The minimum atomic E-state index is -0.464. The predicted octanol–water partition coefficient (Wildman–Crippen LogP) is 3.24. The van der Waals surface area contributed by atoms with Gasteiger partial charge in [0.15, 0.2) is 5.76 Å². The lowest BCUT2D eigenvalue weighted by Crippen LogP contribution is -2.11. The van der Waals surface area contributed by atoms with Crippen LogP contribution in [0.1, 0.15) is 12.8 Å². The van der Waals surface area contributed by atoms with Gasteiger partial charge in [0.1, 0.15) is 5.82 Å². The number of halogens is 2. The van der Waals surface area contributed by atoms with Gasteiger partial charge < -0.3 is 9.73 Å². The van der Waals surface area contributed by atoms with Gasteiger partial charge >= 0.3 is 0 Å². The first kappa shape index (κ1) is 12.1. The molecule has 3 nitrogen and oxygen atoms in total. The third-order valence-electron chi connectivity index (χ3n) is 2.28. The zero-order valence-electron chi connectivity index (χ0n) is 9.34. The summed E-state index contributed by atoms with van der Waals surface area (Å²) in [6, 6.07) is 4.53. The Labute approximate surface area is 104 Å². The number of nitrogens with one attached hydrogen (secondary N) is 1. The Morgan fingerprint density at radius 1 is 1.47 bits per heavy atom. The van der Waals surface area contributed by atoms with E-state index in [2.05, 4.69) is 10.3 Å². The van der Waals surface area contributed by atoms with Gasteiger partial charge in [-0.3, -0.25) is 0 Å². The van der Waals surface area contributed by atoms with E-state index in [1.54, 1.807) is 12.3 Å². The second-order valence-corrected chi connectivity index (χ2v) is 3.93. The van der Waals surface area contributed by atoms with Crippen LogP contribution in [0.5, 0.6) is 0 Å². The highest BCUT2D eigenvalue weighted by molar-refractivity contribution is 6.30. The zero-order valence-corrected chi connectivity index (χ0v) is 10.1. The summed E-state index contributed by atoms with van der Waals surface area (Å²) in [5.41, 5.74) is 0.627. The van der Waals surface area contributed by atoms with E-state index in [-0.39, 0.29) is 5.02 Å². The Kier molecular flexibility index (Phi) is 3.76. The van der Waals surface area contributed by atoms with Crippen molar-refractivity contribution >= 4 is 11.6 Å². The van der Waals surface area contributed by atoms with Gasteiger partial charge in [0.25, 0.3) is 0 Å². The average Bonchev–Trinajstić information content (AvgIpc) is 2.79. The molecular formula is C12H12ClFN2O. The van der Waals surface area contributed by atoms with Crippen LogP contribution in [0.4, 0.5) is 4.39 Å². The van der Waals surface area contributed by atoms with Gasteiger partial charge in [-0.25, -0.2) is 9.37 Å². The Morgan fingerprint density at radius 2 is 2.29 bits per heavy atom. The van der Waals surface area contributed by atoms with E-state index >= 15 is 0 Å². The monoisotopic (exact) mass is 254 g/mol. The Hall–Kier alpha value is -1.39. The molecule has 1 heterocycles. The molecule has 17 heavy (non-hydrogen) atoms. The fraction of sp³-hybridized carbons (Fsp3) is 0.250. The summed E-state index contributed by atoms with van der Waals surface area (Å²) in [6.45, 7) is 3.40. The van der Waals surface area contributed by atoms with Crippen molar-refractivity contribution in [2.45, 2.75) is 13.5 Å². The molecule has 0 amide bonds. The van der Waals surface area contributed by atoms with E-state index in [4.69, 9.17) is 16.0 Å². The number of hydrogen-bond donors (Lipinski definition) is 1. The van der Waals surface area contributed by atoms with Gasteiger partial charge in [0, 0.05) is 5.56 Å². The molecule has 0 saturated carbocycles. The molecule has 0 aliphatic heterocycles. The van der Waals surface area contributed by atoms with E-state index < -0.39 is 5.82 Å². The van der Waals surface area contributed by atoms with Crippen LogP contribution in [0.3, 0.4) is 0 Å². The molecule has 0 aliphatic carbocycles. The fourth-order valence-corrected chi connectivity index (χ4v) is 1.52. The molecule has 1 aromatic carbocycles. The number of nitrogens with zero attached hydrogens (tertiary/aromatic N) is 1. The molecule has 0 aliphatic rings. The first-order valence-electron chi connectivity index (χ1n) is 5.31. The SMILES string of the molecule is CCNCc1ncc(-c2ccc(Cl)c(F)c2)o1. The summed E-state index contributed by atoms with van der Waals surface area (Å²) >= 11 is 5.61. The van der Waals surface area contributed by atoms with Gasteiger partial charge in [-0.1, -0.05) is 18.5 Å². The molecule has 2 aromatic rings. The molecule has 90 valence electrons. The summed E-state index contributed by atoms with van der Waals surface area (Å²) in [5.74, 6) is 0.652. The van der Waals surface area contributed by atoms with Crippen LogP contribution in [0.2, 0.25) is 5.02 Å². The van der Waals surface area contributed by atoms with Crippen LogP contribution in [0.25, 0.3) is 11.3 Å². The molecule has 0 radical (unpaired) electrons. The van der Waals surface area contributed by atoms with Crippen LogP contribution >= 0.6 is 11.6 Å². The maximum atomic E-state index is 13.3. The van der Waals surface area contributed by atoms with Crippen LogP contribution in [-0.4, -0.2) is 11.5 Å². The van der Waals surface area contributed by atoms with E-state index in [1.165, 1.54) is 12.1 Å². The van der Waals surface area contributed by atoms with E-state index in [0.29, 0.717) is 23.8 Å². The maximum absolute atomic E-state index is 13.3. The van der Waals surface area contributed by atoms with Gasteiger partial charge in [0.2, 0.25) is 5.89 Å². The van der Waals surface area contributed by atoms with E-state index in [9.17, 15) is 4.39 Å². The zero-order chi connectivity index (χ0) is 12.3. The molecule has 0 bridgehead atoms. The second kappa shape index (κ2) is 5.29. The molecule has 0 saturated heterocycles. The summed E-state index contributed by atoms with van der Waals surface area (Å²) in [7, 11) is 0. The standard InChI is InChI=1S/C12H12ClFN2O/c1-2-15-7-12-16-6-11(17-12)8-3-4-9(13)10(14)5-8/h3-6,15H,2,7H2,1H3. The van der Waals surface area contributed by atoms with Crippen LogP contribution in [0.15, 0.2) is 28.8 Å². The van der Waals surface area contributed by atoms with Gasteiger partial charge in [0.05, 0.1) is 17.8 Å². The smallest absolute Gasteiger partial charge is 0.208 e. The molecule has 5 heteroatoms. The van der Waals surface area contributed by atoms with Crippen molar-refractivity contribution in [3.63, 3.8) is 0 Å². The van der Waals surface area contributed by atoms with Crippen molar-refractivity contribution in [2.75, 3.05) is 6.54 Å². The average molecular weight is 255 g/mol. The second-order valence-electron chi connectivity index (χ2n) is 3.53. The minimum Gasteiger partial charge on any atom is -0.439 e. The lowest BCUT2D eigenvalue weighted by atomic mass is 10.2. The summed E-state index contributed by atoms with van der Waals surface area (Å²) < 4.78 is 18.8. The highest BCUT2D eigenvalue weighted by Gasteiger charge is 2.08. The first-order valence-corrected chi connectivity index (χ1v) is 5.69. The molecule has 2 rings (SSSR count). The number of benzene rings is 1. The Bertz CT molecular complexity index is 513. The molecular weight excluding hydrogens is 243 g/mol. The van der Waals surface area contributed by atoms with Crippen molar-refractivity contribution in [3.8, 4) is 11.3 Å². The van der Waals surface area contributed by atoms with Gasteiger partial charge in [-0.05, 0) is 24.7 Å². The van der Waals surface area contributed by atoms with Crippen molar-refractivity contribution in [2.24, 2.45) is 0 Å². The number of rotatable bonds is 4. The van der Waals surface area contributed by atoms with Crippen molar-refractivity contribution in [1.82, 2.24) is 10.3 Å². The number of hydrogen-bond acceptors (Lipinski definition) is 3. The van der Waals surface area contributed by atoms with Crippen molar-refractivity contribution in [3.05, 3.63) is 41.1 Å². The predicted molar refractivity (Wildman–Crippen MR) is 64.3 cm³/mol. The van der Waals surface area contributed by atoms with E-state index in [0.717, 1.165) is 6.54 Å². The quantitative estimate of drug-likeness (QED) is 0.910. The topological polar surface area (TPSA) is 38.1 Å². The molecule has 0 spiro atoms. The lowest BCUT2D eigenvalue weighted by molar-refractivity contribution is 0.482.